The number of pyridine rings is 1. The highest BCUT2D eigenvalue weighted by Gasteiger charge is 2.42. The number of nitrogens with one attached hydrogen (secondary N) is 1. The molecule has 2 aliphatic carbocycles. The lowest BCUT2D eigenvalue weighted by Gasteiger charge is -2.29. The minimum absolute atomic E-state index is 0.383. The molecule has 0 aromatic carbocycles. The number of rotatable bonds is 4. The Labute approximate surface area is 117 Å². The van der Waals surface area contributed by atoms with Crippen LogP contribution in [0.2, 0.25) is 0 Å². The highest BCUT2D eigenvalue weighted by atomic mass is 79.9. The van der Waals surface area contributed by atoms with Crippen molar-refractivity contribution < 1.29 is 0 Å². The summed E-state index contributed by atoms with van der Waals surface area (Å²) in [4.78, 5) is 4.46. The summed E-state index contributed by atoms with van der Waals surface area (Å²) in [6.45, 7) is 0. The molecule has 0 spiro atoms. The average Bonchev–Trinajstić information content (AvgIpc) is 3.00. The second kappa shape index (κ2) is 5.27. The standard InChI is InChI=1S/C14H20BrN3/c15-11-3-4-12(17-8-11)7-14(18-16)13-6-9-1-2-10(13)5-9/h3-4,8-10,13-14,18H,1-2,5-7,16H2. The molecule has 2 saturated carbocycles. The van der Waals surface area contributed by atoms with Gasteiger partial charge in [-0.3, -0.25) is 16.3 Å². The van der Waals surface area contributed by atoms with Gasteiger partial charge >= 0.3 is 0 Å². The lowest BCUT2D eigenvalue weighted by atomic mass is 9.82. The van der Waals surface area contributed by atoms with E-state index in [1.165, 1.54) is 25.7 Å². The fourth-order valence-corrected chi connectivity index (χ4v) is 4.11. The van der Waals surface area contributed by atoms with Crippen LogP contribution in [0, 0.1) is 17.8 Å². The quantitative estimate of drug-likeness (QED) is 0.664. The van der Waals surface area contributed by atoms with E-state index in [1.807, 2.05) is 6.20 Å². The predicted molar refractivity (Wildman–Crippen MR) is 75.7 cm³/mol. The molecule has 0 amide bonds. The van der Waals surface area contributed by atoms with E-state index in [4.69, 9.17) is 5.84 Å². The molecule has 3 nitrogen and oxygen atoms in total. The summed E-state index contributed by atoms with van der Waals surface area (Å²) in [5.74, 6) is 8.39. The number of halogens is 1. The lowest BCUT2D eigenvalue weighted by Crippen LogP contribution is -2.44. The van der Waals surface area contributed by atoms with Crippen LogP contribution in [-0.4, -0.2) is 11.0 Å². The molecule has 3 rings (SSSR count). The maximum Gasteiger partial charge on any atom is 0.0420 e. The van der Waals surface area contributed by atoms with Gasteiger partial charge in [0.15, 0.2) is 0 Å². The fourth-order valence-electron chi connectivity index (χ4n) is 3.87. The van der Waals surface area contributed by atoms with Crippen molar-refractivity contribution in [3.63, 3.8) is 0 Å². The molecule has 3 N–H and O–H groups in total. The Morgan fingerprint density at radius 3 is 2.83 bits per heavy atom. The van der Waals surface area contributed by atoms with E-state index in [0.717, 1.165) is 34.3 Å². The second-order valence-electron chi connectivity index (χ2n) is 5.78. The molecular formula is C14H20BrN3. The van der Waals surface area contributed by atoms with Gasteiger partial charge in [-0.1, -0.05) is 6.42 Å². The average molecular weight is 310 g/mol. The van der Waals surface area contributed by atoms with Crippen molar-refractivity contribution >= 4 is 15.9 Å². The van der Waals surface area contributed by atoms with Crippen molar-refractivity contribution in [3.8, 4) is 0 Å². The Morgan fingerprint density at radius 2 is 2.28 bits per heavy atom. The molecule has 2 bridgehead atoms. The largest absolute Gasteiger partial charge is 0.271 e. The van der Waals surface area contributed by atoms with Crippen LogP contribution < -0.4 is 11.3 Å². The Hall–Kier alpha value is -0.450. The van der Waals surface area contributed by atoms with Gasteiger partial charge in [0.25, 0.3) is 0 Å². The fraction of sp³-hybridized carbons (Fsp3) is 0.643. The molecule has 1 aromatic heterocycles. The van der Waals surface area contributed by atoms with E-state index in [-0.39, 0.29) is 0 Å². The predicted octanol–water partition coefficient (Wildman–Crippen LogP) is 2.65. The van der Waals surface area contributed by atoms with Crippen LogP contribution in [0.4, 0.5) is 0 Å². The zero-order valence-electron chi connectivity index (χ0n) is 10.5. The van der Waals surface area contributed by atoms with E-state index in [9.17, 15) is 0 Å². The normalized spacial score (nSPS) is 31.8. The molecule has 2 aliphatic rings. The number of hydrazine groups is 1. The first kappa shape index (κ1) is 12.6. The van der Waals surface area contributed by atoms with Crippen LogP contribution in [-0.2, 0) is 6.42 Å². The van der Waals surface area contributed by atoms with E-state index in [1.54, 1.807) is 0 Å². The Morgan fingerprint density at radius 1 is 1.39 bits per heavy atom. The molecular weight excluding hydrogens is 290 g/mol. The summed E-state index contributed by atoms with van der Waals surface area (Å²) in [5.41, 5.74) is 4.17. The highest BCUT2D eigenvalue weighted by Crippen LogP contribution is 2.49. The molecule has 1 heterocycles. The van der Waals surface area contributed by atoms with Gasteiger partial charge in [-0.05, 0) is 65.1 Å². The van der Waals surface area contributed by atoms with Crippen LogP contribution in [0.3, 0.4) is 0 Å². The third-order valence-electron chi connectivity index (χ3n) is 4.74. The highest BCUT2D eigenvalue weighted by molar-refractivity contribution is 9.10. The minimum atomic E-state index is 0.383. The smallest absolute Gasteiger partial charge is 0.0420 e. The molecule has 4 heteroatoms. The molecule has 0 saturated heterocycles. The Bertz CT molecular complexity index is 406. The SMILES string of the molecule is NNC(Cc1ccc(Br)cn1)C1CC2CCC1C2. The van der Waals surface area contributed by atoms with Crippen molar-refractivity contribution in [2.75, 3.05) is 0 Å². The molecule has 2 fully saturated rings. The van der Waals surface area contributed by atoms with Gasteiger partial charge in [-0.15, -0.1) is 0 Å². The van der Waals surface area contributed by atoms with Crippen molar-refractivity contribution in [2.45, 2.75) is 38.1 Å². The summed E-state index contributed by atoms with van der Waals surface area (Å²) in [7, 11) is 0. The number of nitrogens with two attached hydrogens (primary N) is 1. The first-order chi connectivity index (χ1) is 8.76. The third kappa shape index (κ3) is 2.46. The van der Waals surface area contributed by atoms with Gasteiger partial charge in [-0.25, -0.2) is 0 Å². The van der Waals surface area contributed by atoms with E-state index >= 15 is 0 Å². The zero-order valence-corrected chi connectivity index (χ0v) is 12.1. The van der Waals surface area contributed by atoms with Gasteiger partial charge in [-0.2, -0.15) is 0 Å². The summed E-state index contributed by atoms with van der Waals surface area (Å²) in [6, 6.07) is 4.52. The maximum atomic E-state index is 5.78. The topological polar surface area (TPSA) is 50.9 Å². The van der Waals surface area contributed by atoms with Gasteiger partial charge < -0.3 is 0 Å². The first-order valence-electron chi connectivity index (χ1n) is 6.83. The van der Waals surface area contributed by atoms with Gasteiger partial charge in [0.1, 0.15) is 0 Å². The summed E-state index contributed by atoms with van der Waals surface area (Å²) in [6.07, 6.45) is 8.43. The molecule has 0 radical (unpaired) electrons. The molecule has 1 aromatic rings. The van der Waals surface area contributed by atoms with Crippen LogP contribution in [0.15, 0.2) is 22.8 Å². The van der Waals surface area contributed by atoms with Gasteiger partial charge in [0.05, 0.1) is 0 Å². The number of aromatic nitrogens is 1. The number of hydrogen-bond donors (Lipinski definition) is 2. The molecule has 0 aliphatic heterocycles. The van der Waals surface area contributed by atoms with E-state index in [2.05, 4.69) is 38.5 Å². The van der Waals surface area contributed by atoms with Crippen LogP contribution >= 0.6 is 15.9 Å². The van der Waals surface area contributed by atoms with Crippen molar-refractivity contribution in [2.24, 2.45) is 23.6 Å². The van der Waals surface area contributed by atoms with Crippen molar-refractivity contribution in [3.05, 3.63) is 28.5 Å². The van der Waals surface area contributed by atoms with E-state index in [0.29, 0.717) is 6.04 Å². The number of hydrogen-bond acceptors (Lipinski definition) is 3. The Balaban J connectivity index is 1.67. The second-order valence-corrected chi connectivity index (χ2v) is 6.70. The number of nitrogens with zero attached hydrogens (tertiary/aromatic N) is 1. The summed E-state index contributed by atoms with van der Waals surface area (Å²) >= 11 is 3.42. The van der Waals surface area contributed by atoms with Crippen LogP contribution in [0.25, 0.3) is 0 Å². The lowest BCUT2D eigenvalue weighted by molar-refractivity contribution is 0.247. The third-order valence-corrected chi connectivity index (χ3v) is 5.21. The van der Waals surface area contributed by atoms with Gasteiger partial charge in [0, 0.05) is 28.8 Å². The van der Waals surface area contributed by atoms with Crippen molar-refractivity contribution in [1.29, 1.82) is 0 Å². The van der Waals surface area contributed by atoms with Gasteiger partial charge in [0.2, 0.25) is 0 Å². The van der Waals surface area contributed by atoms with Crippen molar-refractivity contribution in [1.82, 2.24) is 10.4 Å². The van der Waals surface area contributed by atoms with E-state index < -0.39 is 0 Å². The summed E-state index contributed by atoms with van der Waals surface area (Å²) < 4.78 is 1.03. The number of fused-ring (bicyclic) bond motifs is 2. The van der Waals surface area contributed by atoms with Crippen LogP contribution in [0.5, 0.6) is 0 Å². The minimum Gasteiger partial charge on any atom is -0.271 e. The molecule has 4 atom stereocenters. The molecule has 98 valence electrons. The molecule has 18 heavy (non-hydrogen) atoms. The Kier molecular flexibility index (Phi) is 3.68. The summed E-state index contributed by atoms with van der Waals surface area (Å²) in [5, 5.41) is 0. The zero-order chi connectivity index (χ0) is 12.5. The first-order valence-corrected chi connectivity index (χ1v) is 7.62. The monoisotopic (exact) mass is 309 g/mol. The molecule has 4 unspecified atom stereocenters. The maximum absolute atomic E-state index is 5.78. The van der Waals surface area contributed by atoms with Crippen LogP contribution in [0.1, 0.15) is 31.4 Å².